The molecule has 24 heavy (non-hydrogen) atoms. The maximum absolute atomic E-state index is 12.5. The van der Waals surface area contributed by atoms with E-state index < -0.39 is 0 Å². The van der Waals surface area contributed by atoms with Gasteiger partial charge in [0.05, 0.1) is 18.8 Å². The van der Waals surface area contributed by atoms with Gasteiger partial charge in [-0.25, -0.2) is 0 Å². The van der Waals surface area contributed by atoms with E-state index in [9.17, 15) is 4.79 Å². The number of likely N-dealkylation sites (N-methyl/N-ethyl adjacent to an activating group) is 1. The second-order valence-corrected chi connectivity index (χ2v) is 6.81. The highest BCUT2D eigenvalue weighted by molar-refractivity contribution is 5.77. The van der Waals surface area contributed by atoms with Crippen LogP contribution in [-0.4, -0.2) is 52.6 Å². The van der Waals surface area contributed by atoms with Crippen LogP contribution >= 0.6 is 0 Å². The van der Waals surface area contributed by atoms with Gasteiger partial charge in [-0.2, -0.15) is 5.10 Å². The second kappa shape index (κ2) is 7.21. The molecule has 1 unspecified atom stereocenters. The summed E-state index contributed by atoms with van der Waals surface area (Å²) in [5.41, 5.74) is 2.20. The van der Waals surface area contributed by atoms with E-state index in [4.69, 9.17) is 4.42 Å². The fourth-order valence-electron chi connectivity index (χ4n) is 3.29. The lowest BCUT2D eigenvalue weighted by Gasteiger charge is -2.32. The van der Waals surface area contributed by atoms with Gasteiger partial charge >= 0.3 is 0 Å². The first-order valence-electron chi connectivity index (χ1n) is 8.55. The van der Waals surface area contributed by atoms with Crippen molar-refractivity contribution in [2.75, 3.05) is 26.7 Å². The van der Waals surface area contributed by atoms with Crippen LogP contribution in [0.3, 0.4) is 0 Å². The quantitative estimate of drug-likeness (QED) is 0.914. The van der Waals surface area contributed by atoms with E-state index in [0.29, 0.717) is 19.0 Å². The molecule has 2 aromatic rings. The van der Waals surface area contributed by atoms with Crippen LogP contribution in [0.15, 0.2) is 22.6 Å². The fraction of sp³-hybridized carbons (Fsp3) is 0.556. The van der Waals surface area contributed by atoms with E-state index in [2.05, 4.69) is 21.2 Å². The molecule has 1 saturated heterocycles. The molecule has 1 N–H and O–H groups in total. The van der Waals surface area contributed by atoms with Crippen molar-refractivity contribution in [2.45, 2.75) is 39.2 Å². The summed E-state index contributed by atoms with van der Waals surface area (Å²) >= 11 is 0. The largest absolute Gasteiger partial charge is 0.464 e. The van der Waals surface area contributed by atoms with Crippen LogP contribution in [-0.2, 0) is 11.3 Å². The summed E-state index contributed by atoms with van der Waals surface area (Å²) in [5.74, 6) is 2.24. The zero-order valence-corrected chi connectivity index (χ0v) is 14.7. The van der Waals surface area contributed by atoms with Crippen LogP contribution in [0, 0.1) is 13.8 Å². The molecule has 3 rings (SSSR count). The Morgan fingerprint density at radius 1 is 1.46 bits per heavy atom. The minimum atomic E-state index is 0.128. The second-order valence-electron chi connectivity index (χ2n) is 6.81. The number of H-pyrrole nitrogens is 1. The number of aryl methyl sites for hydroxylation is 2. The standard InChI is InChI=1S/C18H26N4O2/c1-13-9-17(20-19-13)15-5-4-8-22(10-15)12-18(23)21(3)11-16-7-6-14(2)24-16/h6-7,9,15H,4-5,8,10-12H2,1-3H3,(H,19,20). The zero-order valence-electron chi connectivity index (χ0n) is 14.7. The van der Waals surface area contributed by atoms with Gasteiger partial charge in [-0.15, -0.1) is 0 Å². The molecule has 0 aliphatic carbocycles. The number of piperidine rings is 1. The predicted molar refractivity (Wildman–Crippen MR) is 91.7 cm³/mol. The Morgan fingerprint density at radius 2 is 2.29 bits per heavy atom. The van der Waals surface area contributed by atoms with Crippen molar-refractivity contribution in [2.24, 2.45) is 0 Å². The topological polar surface area (TPSA) is 65.4 Å². The first kappa shape index (κ1) is 16.8. The molecule has 0 spiro atoms. The summed E-state index contributed by atoms with van der Waals surface area (Å²) in [5, 5.41) is 7.40. The number of furan rings is 1. The highest BCUT2D eigenvalue weighted by atomic mass is 16.3. The maximum atomic E-state index is 12.5. The van der Waals surface area contributed by atoms with Crippen molar-refractivity contribution in [1.82, 2.24) is 20.0 Å². The zero-order chi connectivity index (χ0) is 17.1. The van der Waals surface area contributed by atoms with Crippen LogP contribution in [0.2, 0.25) is 0 Å². The number of nitrogens with zero attached hydrogens (tertiary/aromatic N) is 3. The molecule has 0 saturated carbocycles. The van der Waals surface area contributed by atoms with Gasteiger partial charge in [-0.1, -0.05) is 0 Å². The number of carbonyl (C=O) groups excluding carboxylic acids is 1. The molecule has 0 bridgehead atoms. The average molecular weight is 330 g/mol. The lowest BCUT2D eigenvalue weighted by molar-refractivity contribution is -0.132. The van der Waals surface area contributed by atoms with E-state index in [0.717, 1.165) is 48.8 Å². The number of hydrogen-bond donors (Lipinski definition) is 1. The smallest absolute Gasteiger partial charge is 0.236 e. The Hall–Kier alpha value is -2.08. The molecule has 2 aromatic heterocycles. The summed E-state index contributed by atoms with van der Waals surface area (Å²) in [6, 6.07) is 5.96. The van der Waals surface area contributed by atoms with Crippen LogP contribution < -0.4 is 0 Å². The minimum Gasteiger partial charge on any atom is -0.464 e. The van der Waals surface area contributed by atoms with Gasteiger partial charge in [0.2, 0.25) is 5.91 Å². The molecule has 1 aliphatic heterocycles. The van der Waals surface area contributed by atoms with E-state index in [1.807, 2.05) is 33.0 Å². The molecule has 1 fully saturated rings. The first-order chi connectivity index (χ1) is 11.5. The van der Waals surface area contributed by atoms with Gasteiger partial charge in [-0.05, 0) is 51.4 Å². The van der Waals surface area contributed by atoms with Crippen molar-refractivity contribution in [3.63, 3.8) is 0 Å². The van der Waals surface area contributed by atoms with Crippen molar-refractivity contribution in [1.29, 1.82) is 0 Å². The van der Waals surface area contributed by atoms with E-state index >= 15 is 0 Å². The van der Waals surface area contributed by atoms with Crippen molar-refractivity contribution >= 4 is 5.91 Å². The van der Waals surface area contributed by atoms with Crippen molar-refractivity contribution in [3.8, 4) is 0 Å². The third-order valence-corrected chi connectivity index (χ3v) is 4.62. The third kappa shape index (κ3) is 4.06. The highest BCUT2D eigenvalue weighted by Crippen LogP contribution is 2.25. The minimum absolute atomic E-state index is 0.128. The maximum Gasteiger partial charge on any atom is 0.236 e. The number of likely N-dealkylation sites (tertiary alicyclic amines) is 1. The molecule has 6 nitrogen and oxygen atoms in total. The van der Waals surface area contributed by atoms with E-state index in [1.54, 1.807) is 4.90 Å². The molecule has 0 radical (unpaired) electrons. The summed E-state index contributed by atoms with van der Waals surface area (Å²) in [6.45, 7) is 6.77. The van der Waals surface area contributed by atoms with Crippen LogP contribution in [0.5, 0.6) is 0 Å². The summed E-state index contributed by atoms with van der Waals surface area (Å²) in [4.78, 5) is 16.5. The van der Waals surface area contributed by atoms with Crippen molar-refractivity contribution in [3.05, 3.63) is 41.1 Å². The van der Waals surface area contributed by atoms with Gasteiger partial charge < -0.3 is 9.32 Å². The van der Waals surface area contributed by atoms with E-state index in [-0.39, 0.29) is 5.91 Å². The normalized spacial score (nSPS) is 18.7. The predicted octanol–water partition coefficient (Wildman–Crippen LogP) is 2.46. The number of aromatic amines is 1. The Kier molecular flexibility index (Phi) is 5.04. The number of hydrogen-bond acceptors (Lipinski definition) is 4. The Bertz CT molecular complexity index is 691. The average Bonchev–Trinajstić information content (AvgIpc) is 3.16. The summed E-state index contributed by atoms with van der Waals surface area (Å²) < 4.78 is 5.55. The fourth-order valence-corrected chi connectivity index (χ4v) is 3.29. The summed E-state index contributed by atoms with van der Waals surface area (Å²) in [7, 11) is 1.83. The Morgan fingerprint density at radius 3 is 2.96 bits per heavy atom. The summed E-state index contributed by atoms with van der Waals surface area (Å²) in [6.07, 6.45) is 2.24. The molecule has 1 aliphatic rings. The number of rotatable bonds is 5. The molecular weight excluding hydrogens is 304 g/mol. The van der Waals surface area contributed by atoms with Gasteiger partial charge in [0.1, 0.15) is 11.5 Å². The van der Waals surface area contributed by atoms with Gasteiger partial charge in [-0.3, -0.25) is 14.8 Å². The Labute approximate surface area is 142 Å². The van der Waals surface area contributed by atoms with Crippen LogP contribution in [0.25, 0.3) is 0 Å². The number of aromatic nitrogens is 2. The van der Waals surface area contributed by atoms with Crippen LogP contribution in [0.4, 0.5) is 0 Å². The van der Waals surface area contributed by atoms with Crippen LogP contribution in [0.1, 0.15) is 41.7 Å². The number of carbonyl (C=O) groups is 1. The molecule has 0 aromatic carbocycles. The SMILES string of the molecule is Cc1cc(C2CCCN(CC(=O)N(C)Cc3ccc(C)o3)C2)n[nH]1. The number of amides is 1. The van der Waals surface area contributed by atoms with E-state index in [1.165, 1.54) is 0 Å². The molecule has 130 valence electrons. The molecule has 1 amide bonds. The molecular formula is C18H26N4O2. The van der Waals surface area contributed by atoms with Gasteiger partial charge in [0.25, 0.3) is 0 Å². The Balaban J connectivity index is 1.53. The monoisotopic (exact) mass is 330 g/mol. The number of nitrogens with one attached hydrogen (secondary N) is 1. The third-order valence-electron chi connectivity index (χ3n) is 4.62. The molecule has 3 heterocycles. The van der Waals surface area contributed by atoms with Gasteiger partial charge in [0, 0.05) is 25.2 Å². The molecule has 1 atom stereocenters. The highest BCUT2D eigenvalue weighted by Gasteiger charge is 2.25. The van der Waals surface area contributed by atoms with Gasteiger partial charge in [0.15, 0.2) is 0 Å². The lowest BCUT2D eigenvalue weighted by Crippen LogP contribution is -2.42. The lowest BCUT2D eigenvalue weighted by atomic mass is 9.94. The first-order valence-corrected chi connectivity index (χ1v) is 8.55. The molecule has 6 heteroatoms. The van der Waals surface area contributed by atoms with Crippen molar-refractivity contribution < 1.29 is 9.21 Å².